The number of carbonyl (C=O) groups is 2. The number of aryl methyl sites for hydroxylation is 1. The number of aliphatic carboxylic acids is 1. The number of rotatable bonds is 6. The van der Waals surface area contributed by atoms with Gasteiger partial charge in [-0.3, -0.25) is 9.59 Å². The van der Waals surface area contributed by atoms with Gasteiger partial charge in [0.2, 0.25) is 6.79 Å². The van der Waals surface area contributed by atoms with E-state index in [-0.39, 0.29) is 18.3 Å². The van der Waals surface area contributed by atoms with Crippen molar-refractivity contribution < 1.29 is 24.2 Å². The van der Waals surface area contributed by atoms with Crippen LogP contribution in [0.4, 0.5) is 0 Å². The number of hydrogen-bond acceptors (Lipinski definition) is 5. The van der Waals surface area contributed by atoms with Gasteiger partial charge in [0, 0.05) is 5.69 Å². The van der Waals surface area contributed by atoms with E-state index in [9.17, 15) is 19.5 Å². The van der Waals surface area contributed by atoms with Gasteiger partial charge >= 0.3 is 5.97 Å². The van der Waals surface area contributed by atoms with E-state index in [2.05, 4.69) is 5.32 Å². The van der Waals surface area contributed by atoms with Gasteiger partial charge in [0.25, 0.3) is 11.5 Å². The molecule has 176 valence electrons. The number of aromatic nitrogens is 1. The number of fused-ring (bicyclic) bond motifs is 2. The molecule has 0 saturated carbocycles. The zero-order valence-electron chi connectivity index (χ0n) is 19.1. The molecule has 1 aliphatic carbocycles. The van der Waals surface area contributed by atoms with Crippen LogP contribution in [0.25, 0.3) is 0 Å². The number of benzene rings is 1. The number of nitrogens with zero attached hydrogens (tertiary/aromatic N) is 1. The molecule has 0 spiro atoms. The van der Waals surface area contributed by atoms with Crippen LogP contribution in [-0.2, 0) is 24.2 Å². The van der Waals surface area contributed by atoms with Crippen molar-refractivity contribution in [3.05, 3.63) is 57.0 Å². The number of amides is 1. The number of pyridine rings is 1. The summed E-state index contributed by atoms with van der Waals surface area (Å²) >= 11 is 0. The van der Waals surface area contributed by atoms with Crippen molar-refractivity contribution in [3.63, 3.8) is 0 Å². The van der Waals surface area contributed by atoms with Crippen LogP contribution >= 0.6 is 0 Å². The maximum Gasteiger partial charge on any atom is 0.326 e. The van der Waals surface area contributed by atoms with Crippen LogP contribution in [-0.4, -0.2) is 34.4 Å². The lowest BCUT2D eigenvalue weighted by Gasteiger charge is -2.22. The second-order valence-corrected chi connectivity index (χ2v) is 9.06. The quantitative estimate of drug-likeness (QED) is 0.695. The third-order valence-electron chi connectivity index (χ3n) is 6.34. The maximum atomic E-state index is 13.5. The van der Waals surface area contributed by atoms with E-state index in [1.807, 2.05) is 18.2 Å². The molecule has 0 radical (unpaired) electrons. The van der Waals surface area contributed by atoms with Gasteiger partial charge in [-0.15, -0.1) is 0 Å². The molecule has 1 aromatic carbocycles. The Balaban J connectivity index is 1.75. The predicted octanol–water partition coefficient (Wildman–Crippen LogP) is 3.12. The lowest BCUT2D eigenvalue weighted by atomic mass is 9.95. The Hall–Kier alpha value is -3.29. The molecular weight excluding hydrogens is 424 g/mol. The Morgan fingerprint density at radius 3 is 2.52 bits per heavy atom. The minimum absolute atomic E-state index is 0.0121. The number of nitrogens with one attached hydrogen (secondary N) is 1. The summed E-state index contributed by atoms with van der Waals surface area (Å²) in [7, 11) is 0. The monoisotopic (exact) mass is 454 g/mol. The highest BCUT2D eigenvalue weighted by Gasteiger charge is 2.27. The minimum atomic E-state index is -1.12. The van der Waals surface area contributed by atoms with Gasteiger partial charge in [-0.05, 0) is 60.9 Å². The summed E-state index contributed by atoms with van der Waals surface area (Å²) in [6.07, 6.45) is 5.73. The Kier molecular flexibility index (Phi) is 6.72. The van der Waals surface area contributed by atoms with Crippen molar-refractivity contribution in [2.45, 2.75) is 65.0 Å². The van der Waals surface area contributed by atoms with Gasteiger partial charge in [0.05, 0.1) is 6.54 Å². The molecular formula is C25H30N2O6. The summed E-state index contributed by atoms with van der Waals surface area (Å²) in [5, 5.41) is 12.0. The van der Waals surface area contributed by atoms with Gasteiger partial charge in [-0.1, -0.05) is 32.8 Å². The van der Waals surface area contributed by atoms with E-state index in [4.69, 9.17) is 9.47 Å². The van der Waals surface area contributed by atoms with E-state index in [0.29, 0.717) is 18.0 Å². The summed E-state index contributed by atoms with van der Waals surface area (Å²) in [5.41, 5.74) is 2.39. The van der Waals surface area contributed by atoms with E-state index in [0.717, 1.165) is 55.3 Å². The maximum absolute atomic E-state index is 13.5. The fourth-order valence-electron chi connectivity index (χ4n) is 4.52. The first-order valence-corrected chi connectivity index (χ1v) is 11.5. The molecule has 1 aromatic heterocycles. The average Bonchev–Trinajstić information content (AvgIpc) is 3.22. The molecule has 0 saturated heterocycles. The molecule has 1 aliphatic heterocycles. The number of carboxylic acids is 1. The van der Waals surface area contributed by atoms with Crippen LogP contribution in [0, 0.1) is 5.92 Å². The molecule has 8 heteroatoms. The van der Waals surface area contributed by atoms with Crippen molar-refractivity contribution in [1.29, 1.82) is 0 Å². The van der Waals surface area contributed by atoms with Crippen molar-refractivity contribution in [3.8, 4) is 11.5 Å². The predicted molar refractivity (Wildman–Crippen MR) is 122 cm³/mol. The van der Waals surface area contributed by atoms with Crippen molar-refractivity contribution in [2.24, 2.45) is 5.92 Å². The lowest BCUT2D eigenvalue weighted by Crippen LogP contribution is -2.46. The van der Waals surface area contributed by atoms with Crippen molar-refractivity contribution >= 4 is 11.9 Å². The Morgan fingerprint density at radius 2 is 1.79 bits per heavy atom. The van der Waals surface area contributed by atoms with Crippen molar-refractivity contribution in [2.75, 3.05) is 6.79 Å². The zero-order valence-corrected chi connectivity index (χ0v) is 19.1. The standard InChI is InChI=1S/C25H30N2O6/c1-15(2)22(25(30)31)26-23(28)18-12-17-7-5-3-4-6-8-19(17)27(24(18)29)13-16-9-10-20-21(11-16)33-14-32-20/h9-12,15,22H,3-8,13-14H2,1-2H3,(H,26,28)(H,30,31). The summed E-state index contributed by atoms with van der Waals surface area (Å²) in [6.45, 7) is 3.91. The van der Waals surface area contributed by atoms with Crippen LogP contribution in [0.1, 0.15) is 66.7 Å². The van der Waals surface area contributed by atoms with Crippen molar-refractivity contribution in [1.82, 2.24) is 9.88 Å². The van der Waals surface area contributed by atoms with E-state index >= 15 is 0 Å². The first kappa shape index (κ1) is 22.9. The van der Waals surface area contributed by atoms with Gasteiger partial charge in [-0.25, -0.2) is 4.79 Å². The highest BCUT2D eigenvalue weighted by molar-refractivity contribution is 5.96. The Morgan fingerprint density at radius 1 is 1.06 bits per heavy atom. The lowest BCUT2D eigenvalue weighted by molar-refractivity contribution is -0.140. The number of carboxylic acid groups (broad SMARTS) is 1. The molecule has 4 rings (SSSR count). The molecule has 8 nitrogen and oxygen atoms in total. The van der Waals surface area contributed by atoms with E-state index in [1.54, 1.807) is 24.5 Å². The second kappa shape index (κ2) is 9.68. The SMILES string of the molecule is CC(C)C(NC(=O)c1cc2c(n(Cc3ccc4c(c3)OCO4)c1=O)CCCCCC2)C(=O)O. The topological polar surface area (TPSA) is 107 Å². The summed E-state index contributed by atoms with van der Waals surface area (Å²) in [4.78, 5) is 38.2. The molecule has 2 aromatic rings. The van der Waals surface area contributed by atoms with Gasteiger partial charge in [0.1, 0.15) is 11.6 Å². The van der Waals surface area contributed by atoms with E-state index < -0.39 is 23.5 Å². The zero-order chi connectivity index (χ0) is 23.5. The normalized spacial score (nSPS) is 16.0. The Labute approximate surface area is 192 Å². The summed E-state index contributed by atoms with van der Waals surface area (Å²) < 4.78 is 12.5. The molecule has 2 heterocycles. The van der Waals surface area contributed by atoms with Crippen LogP contribution in [0.2, 0.25) is 0 Å². The first-order valence-electron chi connectivity index (χ1n) is 11.5. The van der Waals surface area contributed by atoms with Crippen LogP contribution < -0.4 is 20.3 Å². The average molecular weight is 455 g/mol. The van der Waals surface area contributed by atoms with Gasteiger partial charge in [-0.2, -0.15) is 0 Å². The highest BCUT2D eigenvalue weighted by atomic mass is 16.7. The fourth-order valence-corrected chi connectivity index (χ4v) is 4.52. The summed E-state index contributed by atoms with van der Waals surface area (Å²) in [6, 6.07) is 6.18. The molecule has 1 amide bonds. The first-order chi connectivity index (χ1) is 15.8. The minimum Gasteiger partial charge on any atom is -0.480 e. The largest absolute Gasteiger partial charge is 0.480 e. The number of ether oxygens (including phenoxy) is 2. The van der Waals surface area contributed by atoms with Gasteiger partial charge < -0.3 is 24.5 Å². The fraction of sp³-hybridized carbons (Fsp3) is 0.480. The molecule has 1 unspecified atom stereocenters. The molecule has 2 N–H and O–H groups in total. The molecule has 0 bridgehead atoms. The third-order valence-corrected chi connectivity index (χ3v) is 6.34. The smallest absolute Gasteiger partial charge is 0.326 e. The van der Waals surface area contributed by atoms with Crippen LogP contribution in [0.3, 0.4) is 0 Å². The third kappa shape index (κ3) is 4.89. The molecule has 33 heavy (non-hydrogen) atoms. The summed E-state index contributed by atoms with van der Waals surface area (Å²) in [5.74, 6) is -0.774. The number of hydrogen-bond donors (Lipinski definition) is 2. The van der Waals surface area contributed by atoms with Gasteiger partial charge in [0.15, 0.2) is 11.5 Å². The molecule has 0 fully saturated rings. The highest BCUT2D eigenvalue weighted by Crippen LogP contribution is 2.33. The molecule has 2 aliphatic rings. The Bertz CT molecular complexity index is 1120. The molecule has 1 atom stereocenters. The second-order valence-electron chi connectivity index (χ2n) is 9.06. The van der Waals surface area contributed by atoms with E-state index in [1.165, 1.54) is 0 Å². The van der Waals surface area contributed by atoms with Crippen LogP contribution in [0.5, 0.6) is 11.5 Å². The van der Waals surface area contributed by atoms with Crippen LogP contribution in [0.15, 0.2) is 29.1 Å². The number of carbonyl (C=O) groups excluding carboxylic acids is 1.